The van der Waals surface area contributed by atoms with E-state index < -0.39 is 6.16 Å². The van der Waals surface area contributed by atoms with Gasteiger partial charge in [0.25, 0.3) is 0 Å². The Morgan fingerprint density at radius 1 is 0.733 bits per heavy atom. The van der Waals surface area contributed by atoms with Crippen LogP contribution in [-0.2, 0) is 9.47 Å². The van der Waals surface area contributed by atoms with Crippen LogP contribution in [0.25, 0.3) is 0 Å². The van der Waals surface area contributed by atoms with Crippen LogP contribution < -0.4 is 0 Å². The molecule has 1 saturated carbocycles. The monoisotopic (exact) mass is 442 g/mol. The average molecular weight is 443 g/mol. The Balaban J connectivity index is -0.0000000369. The van der Waals surface area contributed by atoms with Crippen LogP contribution in [0.2, 0.25) is 0 Å². The molecular weight excluding hydrogens is 376 g/mol. The Kier molecular flexibility index (Phi) is 80.0. The number of ether oxygens (including phenoxy) is 2. The normalized spacial score (nSPS) is 19.4. The smallest absolute Gasteiger partial charge is 0.430 e. The maximum absolute atomic E-state index is 10.2. The summed E-state index contributed by atoms with van der Waals surface area (Å²) in [6.07, 6.45) is 6.86. The third-order valence-electron chi connectivity index (χ3n) is 3.91. The van der Waals surface area contributed by atoms with E-state index in [0.717, 1.165) is 12.3 Å². The van der Waals surface area contributed by atoms with Gasteiger partial charge in [-0.15, -0.1) is 0 Å². The summed E-state index contributed by atoms with van der Waals surface area (Å²) in [5.41, 5.74) is 0. The lowest BCUT2D eigenvalue weighted by Crippen LogP contribution is -2.16. The summed E-state index contributed by atoms with van der Waals surface area (Å²) in [6, 6.07) is 0. The number of rotatable bonds is 3. The number of carbonyl (C=O) groups excluding carboxylic acids is 1. The van der Waals surface area contributed by atoms with Gasteiger partial charge in [-0.2, -0.15) is 0 Å². The molecule has 4 heteroatoms. The van der Waals surface area contributed by atoms with Gasteiger partial charge >= 0.3 is 6.16 Å². The zero-order valence-corrected chi connectivity index (χ0v) is 19.6. The minimum absolute atomic E-state index is 0. The Hall–Kier alpha value is -0.770. The van der Waals surface area contributed by atoms with E-state index in [-0.39, 0.29) is 35.8 Å². The summed E-state index contributed by atoms with van der Waals surface area (Å²) in [4.78, 5) is 10.2. The zero-order chi connectivity index (χ0) is 21.4. The first-order chi connectivity index (χ1) is 12.7. The van der Waals surface area contributed by atoms with E-state index in [1.54, 1.807) is 0 Å². The molecule has 1 saturated heterocycles. The van der Waals surface area contributed by atoms with Crippen LogP contribution in [0, 0.1) is 11.8 Å². The van der Waals surface area contributed by atoms with Crippen molar-refractivity contribution in [2.75, 3.05) is 13.2 Å². The molecule has 0 bridgehead atoms. The molecule has 1 N–H and O–H groups in total. The van der Waals surface area contributed by atoms with Crippen molar-refractivity contribution in [2.45, 2.75) is 144 Å². The first-order valence-electron chi connectivity index (χ1n) is 11.1. The number of carbonyl (C=O) groups is 1. The predicted molar refractivity (Wildman–Crippen MR) is 142 cm³/mol. The summed E-state index contributed by atoms with van der Waals surface area (Å²) < 4.78 is 9.14. The average Bonchev–Trinajstić information content (AvgIpc) is 3.20. The highest BCUT2D eigenvalue weighted by molar-refractivity contribution is 5.61. The molecule has 1 aliphatic heterocycles. The molecule has 2 rings (SSSR count). The van der Waals surface area contributed by atoms with Crippen LogP contribution in [0.4, 0.5) is 4.79 Å². The summed E-state index contributed by atoms with van der Waals surface area (Å²) >= 11 is 0. The number of hydrogen-bond acceptors (Lipinski definition) is 4. The van der Waals surface area contributed by atoms with E-state index in [2.05, 4.69) is 16.4 Å². The Labute approximate surface area is 194 Å². The van der Waals surface area contributed by atoms with E-state index in [1.807, 2.05) is 62.3 Å². The highest BCUT2D eigenvalue weighted by Gasteiger charge is 2.22. The quantitative estimate of drug-likeness (QED) is 0.442. The molecule has 0 aromatic rings. The van der Waals surface area contributed by atoms with Crippen LogP contribution in [0.15, 0.2) is 0 Å². The number of aliphatic hydroxyl groups excluding tert-OH is 1. The summed E-state index contributed by atoms with van der Waals surface area (Å²) in [5.74, 6) is 1.59. The van der Waals surface area contributed by atoms with Crippen molar-refractivity contribution in [2.24, 2.45) is 11.8 Å². The molecule has 2 fully saturated rings. The fourth-order valence-electron chi connectivity index (χ4n) is 2.39. The van der Waals surface area contributed by atoms with Crippen LogP contribution in [-0.4, -0.2) is 30.6 Å². The van der Waals surface area contributed by atoms with E-state index >= 15 is 0 Å². The lowest BCUT2D eigenvalue weighted by atomic mass is 9.81. The van der Waals surface area contributed by atoms with Gasteiger partial charge in [0.15, 0.2) is 0 Å². The standard InChI is InChI=1S/C9H18O.C5H8O3.4C2H6.4CH4/c1-2-8-3-5-9(7-10)6-4-8;1-2-4-3-7-5(6)8-4;4*1-2;;;;/h8-10H,2-7H2,1H3;4H,2-3H2,1H3;4*1-2H3;4*1H4. The number of hydrogen-bond donors (Lipinski definition) is 1. The molecule has 1 heterocycles. The number of aliphatic hydroxyl groups is 1. The molecule has 0 amide bonds. The van der Waals surface area contributed by atoms with E-state index in [4.69, 9.17) is 5.11 Å². The molecule has 194 valence electrons. The molecule has 1 aliphatic carbocycles. The molecular formula is C26H66O4. The van der Waals surface area contributed by atoms with Gasteiger partial charge in [-0.05, 0) is 31.1 Å². The molecule has 4 nitrogen and oxygen atoms in total. The second kappa shape index (κ2) is 46.4. The molecule has 1 atom stereocenters. The molecule has 0 radical (unpaired) electrons. The summed E-state index contributed by atoms with van der Waals surface area (Å²) in [6.45, 7) is 21.1. The lowest BCUT2D eigenvalue weighted by molar-refractivity contribution is 0.117. The first kappa shape index (κ1) is 51.7. The van der Waals surface area contributed by atoms with Gasteiger partial charge in [-0.3, -0.25) is 0 Å². The van der Waals surface area contributed by atoms with E-state index in [0.29, 0.717) is 19.1 Å². The third kappa shape index (κ3) is 31.9. The Bertz CT molecular complexity index is 225. The van der Waals surface area contributed by atoms with Crippen LogP contribution in [0.5, 0.6) is 0 Å². The zero-order valence-electron chi connectivity index (χ0n) is 19.6. The fourth-order valence-corrected chi connectivity index (χ4v) is 2.39. The SMILES string of the molecule is C.C.C.C.CC.CC.CC.CC.CCC1CCC(CO)CC1.CCC1COC(=O)O1. The molecule has 0 aromatic heterocycles. The molecule has 0 spiro atoms. The maximum atomic E-state index is 10.2. The van der Waals surface area contributed by atoms with Crippen molar-refractivity contribution in [3.05, 3.63) is 0 Å². The van der Waals surface area contributed by atoms with E-state index in [1.165, 1.54) is 32.1 Å². The third-order valence-corrected chi connectivity index (χ3v) is 3.91. The van der Waals surface area contributed by atoms with Crippen molar-refractivity contribution >= 4 is 6.16 Å². The summed E-state index contributed by atoms with van der Waals surface area (Å²) in [5, 5.41) is 8.85. The summed E-state index contributed by atoms with van der Waals surface area (Å²) in [7, 11) is 0. The topological polar surface area (TPSA) is 55.8 Å². The van der Waals surface area contributed by atoms with E-state index in [9.17, 15) is 4.79 Å². The van der Waals surface area contributed by atoms with Crippen molar-refractivity contribution < 1.29 is 19.4 Å². The second-order valence-corrected chi connectivity index (χ2v) is 5.19. The minimum Gasteiger partial charge on any atom is -0.430 e. The minimum atomic E-state index is -0.531. The van der Waals surface area contributed by atoms with Crippen molar-refractivity contribution in [3.63, 3.8) is 0 Å². The van der Waals surface area contributed by atoms with Gasteiger partial charge in [0.05, 0.1) is 0 Å². The molecule has 2 aliphatic rings. The van der Waals surface area contributed by atoms with Crippen molar-refractivity contribution in [1.82, 2.24) is 0 Å². The molecule has 1 unspecified atom stereocenters. The van der Waals surface area contributed by atoms with Gasteiger partial charge in [0.1, 0.15) is 12.7 Å². The number of cyclic esters (lactones) is 2. The predicted octanol–water partition coefficient (Wildman–Crippen LogP) is 9.78. The van der Waals surface area contributed by atoms with Crippen LogP contribution in [0.1, 0.15) is 137 Å². The maximum Gasteiger partial charge on any atom is 0.508 e. The van der Waals surface area contributed by atoms with Crippen molar-refractivity contribution in [1.29, 1.82) is 0 Å². The Morgan fingerprint density at radius 3 is 1.30 bits per heavy atom. The highest BCUT2D eigenvalue weighted by Crippen LogP contribution is 2.29. The van der Waals surface area contributed by atoms with Gasteiger partial charge in [-0.1, -0.05) is 118 Å². The van der Waals surface area contributed by atoms with Crippen molar-refractivity contribution in [3.8, 4) is 0 Å². The molecule has 0 aromatic carbocycles. The molecule has 30 heavy (non-hydrogen) atoms. The lowest BCUT2D eigenvalue weighted by Gasteiger charge is -2.26. The largest absolute Gasteiger partial charge is 0.508 e. The van der Waals surface area contributed by atoms with Crippen LogP contribution in [0.3, 0.4) is 0 Å². The van der Waals surface area contributed by atoms with Gasteiger partial charge < -0.3 is 14.6 Å². The Morgan fingerprint density at radius 2 is 1.10 bits per heavy atom. The highest BCUT2D eigenvalue weighted by atomic mass is 16.8. The fraction of sp³-hybridized carbons (Fsp3) is 0.962. The van der Waals surface area contributed by atoms with Gasteiger partial charge in [0, 0.05) is 6.61 Å². The second-order valence-electron chi connectivity index (χ2n) is 5.19. The van der Waals surface area contributed by atoms with Gasteiger partial charge in [-0.25, -0.2) is 4.79 Å². The first-order valence-corrected chi connectivity index (χ1v) is 11.1. The van der Waals surface area contributed by atoms with Crippen LogP contribution >= 0.6 is 0 Å². The van der Waals surface area contributed by atoms with Gasteiger partial charge in [0.2, 0.25) is 0 Å².